The highest BCUT2D eigenvalue weighted by molar-refractivity contribution is 5.89. The molecule has 0 saturated carbocycles. The summed E-state index contributed by atoms with van der Waals surface area (Å²) in [6.45, 7) is 8.99. The number of rotatable bonds is 12. The molecule has 150 valence electrons. The van der Waals surface area contributed by atoms with E-state index in [4.69, 9.17) is 10.5 Å². The first-order valence-electron chi connectivity index (χ1n) is 10.1. The van der Waals surface area contributed by atoms with E-state index in [1.54, 1.807) is 6.20 Å². The van der Waals surface area contributed by atoms with Crippen LogP contribution in [0.2, 0.25) is 0 Å². The highest BCUT2D eigenvalue weighted by atomic mass is 16.5. The monoisotopic (exact) mass is 372 g/mol. The minimum absolute atomic E-state index is 0.124. The van der Waals surface area contributed by atoms with Gasteiger partial charge in [0, 0.05) is 24.2 Å². The van der Waals surface area contributed by atoms with Crippen molar-refractivity contribution < 1.29 is 4.74 Å². The summed E-state index contributed by atoms with van der Waals surface area (Å²) < 4.78 is 6.01. The molecule has 0 bridgehead atoms. The molecule has 5 nitrogen and oxygen atoms in total. The highest BCUT2D eigenvalue weighted by Crippen LogP contribution is 2.20. The molecule has 27 heavy (non-hydrogen) atoms. The summed E-state index contributed by atoms with van der Waals surface area (Å²) in [4.78, 5) is 11.0. The third-order valence-electron chi connectivity index (χ3n) is 4.32. The Morgan fingerprint density at radius 2 is 2.04 bits per heavy atom. The zero-order valence-corrected chi connectivity index (χ0v) is 17.3. The van der Waals surface area contributed by atoms with Crippen molar-refractivity contribution in [3.63, 3.8) is 0 Å². The van der Waals surface area contributed by atoms with Crippen molar-refractivity contribution in [3.05, 3.63) is 48.6 Å². The summed E-state index contributed by atoms with van der Waals surface area (Å²) >= 11 is 0. The average Bonchev–Trinajstić information content (AvgIpc) is 2.86. The molecule has 1 aliphatic heterocycles. The maximum absolute atomic E-state index is 6.01. The lowest BCUT2D eigenvalue weighted by Gasteiger charge is -2.31. The molecule has 0 aromatic heterocycles. The lowest BCUT2D eigenvalue weighted by Crippen LogP contribution is -2.30. The Kier molecular flexibility index (Phi) is 11.9. The van der Waals surface area contributed by atoms with Gasteiger partial charge < -0.3 is 15.4 Å². The number of nitrogens with two attached hydrogens (primary N) is 1. The molecule has 2 N–H and O–H groups in total. The van der Waals surface area contributed by atoms with Crippen LogP contribution in [0.5, 0.6) is 0 Å². The molecule has 0 fully saturated rings. The van der Waals surface area contributed by atoms with Crippen molar-refractivity contribution in [1.82, 2.24) is 4.90 Å². The predicted octanol–water partition coefficient (Wildman–Crippen LogP) is 4.94. The maximum atomic E-state index is 6.01. The minimum atomic E-state index is -0.124. The van der Waals surface area contributed by atoms with E-state index in [1.807, 2.05) is 31.2 Å². The second kappa shape index (κ2) is 14.0. The number of ether oxygens (including phenoxy) is 1. The van der Waals surface area contributed by atoms with Crippen molar-refractivity contribution in [2.75, 3.05) is 6.61 Å². The van der Waals surface area contributed by atoms with Gasteiger partial charge in [0.2, 0.25) is 0 Å². The van der Waals surface area contributed by atoms with Crippen molar-refractivity contribution in [1.29, 1.82) is 0 Å². The Bertz CT molecular complexity index is 581. The van der Waals surface area contributed by atoms with E-state index < -0.39 is 0 Å². The van der Waals surface area contributed by atoms with Gasteiger partial charge in [-0.05, 0) is 38.3 Å². The molecule has 1 rings (SSSR count). The van der Waals surface area contributed by atoms with Gasteiger partial charge in [0.1, 0.15) is 11.9 Å². The standard InChI is InChI=1S/C22H36N4O/c1-5-8-16-26(20(11-6-2)12-7-3)22(25-18-23)14-17-27-21-13-9-10-15-24-19(21)4/h8-10,13-16,18,20-21H,5-7,11-12,17H2,1-4H3,(H2,23,25)/b16-8-,22-14+. The first-order chi connectivity index (χ1) is 13.2. The van der Waals surface area contributed by atoms with Crippen LogP contribution in [0.3, 0.4) is 0 Å². The van der Waals surface area contributed by atoms with Gasteiger partial charge in [0.05, 0.1) is 12.9 Å². The van der Waals surface area contributed by atoms with Gasteiger partial charge >= 0.3 is 0 Å². The largest absolute Gasteiger partial charge is 0.390 e. The Labute approximate surface area is 165 Å². The zero-order chi connectivity index (χ0) is 19.9. The van der Waals surface area contributed by atoms with E-state index in [9.17, 15) is 0 Å². The molecule has 0 spiro atoms. The molecule has 0 radical (unpaired) electrons. The van der Waals surface area contributed by atoms with Crippen molar-refractivity contribution in [2.24, 2.45) is 15.7 Å². The summed E-state index contributed by atoms with van der Waals surface area (Å²) in [5.41, 5.74) is 6.58. The second-order valence-corrected chi connectivity index (χ2v) is 6.52. The van der Waals surface area contributed by atoms with E-state index in [0.717, 1.165) is 43.6 Å². The molecule has 1 unspecified atom stereocenters. The third-order valence-corrected chi connectivity index (χ3v) is 4.32. The Balaban J connectivity index is 2.97. The fourth-order valence-corrected chi connectivity index (χ4v) is 2.98. The number of allylic oxidation sites excluding steroid dienone is 3. The van der Waals surface area contributed by atoms with Gasteiger partial charge in [-0.1, -0.05) is 51.8 Å². The molecule has 1 heterocycles. The zero-order valence-electron chi connectivity index (χ0n) is 17.3. The summed E-state index contributed by atoms with van der Waals surface area (Å²) in [5.74, 6) is 0.833. The second-order valence-electron chi connectivity index (χ2n) is 6.52. The Morgan fingerprint density at radius 1 is 1.30 bits per heavy atom. The van der Waals surface area contributed by atoms with Crippen molar-refractivity contribution in [2.45, 2.75) is 71.9 Å². The minimum Gasteiger partial charge on any atom is -0.390 e. The SMILES string of the molecule is CC/C=C\N(C(=C/COC1C=CC=CN=C1C)/N=C\N)C(CCC)CCC. The molecule has 5 heteroatoms. The van der Waals surface area contributed by atoms with Crippen LogP contribution in [0.1, 0.15) is 59.8 Å². The summed E-state index contributed by atoms with van der Waals surface area (Å²) in [7, 11) is 0. The molecule has 0 aromatic carbocycles. The maximum Gasteiger partial charge on any atom is 0.132 e. The molecule has 0 aromatic rings. The number of hydrogen-bond donors (Lipinski definition) is 1. The average molecular weight is 373 g/mol. The third kappa shape index (κ3) is 8.39. The van der Waals surface area contributed by atoms with E-state index in [0.29, 0.717) is 12.6 Å². The summed E-state index contributed by atoms with van der Waals surface area (Å²) in [6.07, 6.45) is 20.7. The van der Waals surface area contributed by atoms with Gasteiger partial charge in [0.15, 0.2) is 0 Å². The van der Waals surface area contributed by atoms with Crippen LogP contribution in [0.15, 0.2) is 58.6 Å². The van der Waals surface area contributed by atoms with E-state index >= 15 is 0 Å². The molecule has 1 aliphatic rings. The quantitative estimate of drug-likeness (QED) is 0.390. The van der Waals surface area contributed by atoms with Gasteiger partial charge in [-0.3, -0.25) is 4.99 Å². The summed E-state index contributed by atoms with van der Waals surface area (Å²) in [5, 5.41) is 0. The molecule has 1 atom stereocenters. The van der Waals surface area contributed by atoms with Crippen LogP contribution in [-0.2, 0) is 4.74 Å². The van der Waals surface area contributed by atoms with Gasteiger partial charge in [0.25, 0.3) is 0 Å². The van der Waals surface area contributed by atoms with Crippen LogP contribution < -0.4 is 5.73 Å². The number of aliphatic imine (C=N–C) groups is 2. The number of hydrogen-bond acceptors (Lipinski definition) is 4. The number of nitrogens with zero attached hydrogens (tertiary/aromatic N) is 3. The van der Waals surface area contributed by atoms with Crippen molar-refractivity contribution >= 4 is 12.1 Å². The first-order valence-corrected chi connectivity index (χ1v) is 10.1. The first kappa shape index (κ1) is 22.9. The topological polar surface area (TPSA) is 63.2 Å². The van der Waals surface area contributed by atoms with Crippen LogP contribution in [-0.4, -0.2) is 35.7 Å². The van der Waals surface area contributed by atoms with E-state index in [-0.39, 0.29) is 6.10 Å². The van der Waals surface area contributed by atoms with Crippen LogP contribution >= 0.6 is 0 Å². The van der Waals surface area contributed by atoms with Gasteiger partial charge in [-0.15, -0.1) is 0 Å². The Morgan fingerprint density at radius 3 is 2.67 bits per heavy atom. The van der Waals surface area contributed by atoms with Crippen LogP contribution in [0.25, 0.3) is 0 Å². The fraction of sp³-hybridized carbons (Fsp3) is 0.545. The Hall–Kier alpha value is -2.14. The smallest absolute Gasteiger partial charge is 0.132 e. The normalized spacial score (nSPS) is 17.9. The predicted molar refractivity (Wildman–Crippen MR) is 117 cm³/mol. The lowest BCUT2D eigenvalue weighted by atomic mass is 10.1. The molecule has 0 amide bonds. The van der Waals surface area contributed by atoms with Crippen LogP contribution in [0.4, 0.5) is 0 Å². The highest BCUT2D eigenvalue weighted by Gasteiger charge is 2.17. The fourth-order valence-electron chi connectivity index (χ4n) is 2.98. The summed E-state index contributed by atoms with van der Waals surface area (Å²) in [6, 6.07) is 0.406. The van der Waals surface area contributed by atoms with Crippen molar-refractivity contribution in [3.8, 4) is 0 Å². The van der Waals surface area contributed by atoms with Gasteiger partial charge in [-0.25, -0.2) is 4.99 Å². The van der Waals surface area contributed by atoms with E-state index in [1.165, 1.54) is 6.34 Å². The van der Waals surface area contributed by atoms with E-state index in [2.05, 4.69) is 47.9 Å². The van der Waals surface area contributed by atoms with Gasteiger partial charge in [-0.2, -0.15) is 0 Å². The molecular formula is C22H36N4O. The lowest BCUT2D eigenvalue weighted by molar-refractivity contribution is 0.152. The molecular weight excluding hydrogens is 336 g/mol. The molecule has 0 saturated heterocycles. The van der Waals surface area contributed by atoms with Crippen LogP contribution in [0, 0.1) is 0 Å². The molecule has 0 aliphatic carbocycles.